The van der Waals surface area contributed by atoms with Crippen LogP contribution in [0.2, 0.25) is 0 Å². The second-order valence-corrected chi connectivity index (χ2v) is 6.75. The van der Waals surface area contributed by atoms with Crippen LogP contribution in [0.3, 0.4) is 0 Å². The highest BCUT2D eigenvalue weighted by Crippen LogP contribution is 2.18. The van der Waals surface area contributed by atoms with Gasteiger partial charge in [0, 0.05) is 11.8 Å². The van der Waals surface area contributed by atoms with Crippen molar-refractivity contribution in [2.24, 2.45) is 0 Å². The summed E-state index contributed by atoms with van der Waals surface area (Å²) in [6.45, 7) is 0.152. The monoisotopic (exact) mass is 451 g/mol. The first-order chi connectivity index (χ1) is 16.1. The Hall–Kier alpha value is -4.20. The van der Waals surface area contributed by atoms with Crippen molar-refractivity contribution in [2.45, 2.75) is 0 Å². The number of carbonyl (C=O) groups excluding carboxylic acids is 2. The van der Waals surface area contributed by atoms with E-state index in [1.54, 1.807) is 87.0 Å². The van der Waals surface area contributed by atoms with Crippen molar-refractivity contribution in [3.63, 3.8) is 0 Å². The van der Waals surface area contributed by atoms with E-state index in [1.165, 1.54) is 0 Å². The fourth-order valence-electron chi connectivity index (χ4n) is 2.78. The molecule has 0 aliphatic heterocycles. The third kappa shape index (κ3) is 7.46. The van der Waals surface area contributed by atoms with Crippen molar-refractivity contribution in [1.82, 2.24) is 0 Å². The van der Waals surface area contributed by atoms with Gasteiger partial charge in [0.05, 0.1) is 19.8 Å². The highest BCUT2D eigenvalue weighted by molar-refractivity contribution is 5.92. The molecule has 0 atom stereocenters. The molecule has 0 aliphatic rings. The van der Waals surface area contributed by atoms with Gasteiger partial charge in [0.15, 0.2) is 6.61 Å². The number of anilines is 1. The number of amides is 1. The Labute approximate surface area is 192 Å². The lowest BCUT2D eigenvalue weighted by Crippen LogP contribution is -2.20. The van der Waals surface area contributed by atoms with Crippen LogP contribution in [-0.4, -0.2) is 45.9 Å². The summed E-state index contributed by atoms with van der Waals surface area (Å²) in [6, 6.07) is 20.5. The number of benzene rings is 3. The summed E-state index contributed by atoms with van der Waals surface area (Å²) in [5, 5.41) is 2.73. The number of carbonyl (C=O) groups is 2. The van der Waals surface area contributed by atoms with Gasteiger partial charge < -0.3 is 29.0 Å². The maximum Gasteiger partial charge on any atom is 0.338 e. The summed E-state index contributed by atoms with van der Waals surface area (Å²) in [5.74, 6) is 1.69. The average Bonchev–Trinajstić information content (AvgIpc) is 2.86. The Morgan fingerprint density at radius 2 is 1.36 bits per heavy atom. The summed E-state index contributed by atoms with van der Waals surface area (Å²) in [6.07, 6.45) is 0. The Morgan fingerprint density at radius 3 is 2.06 bits per heavy atom. The van der Waals surface area contributed by atoms with Crippen LogP contribution in [-0.2, 0) is 9.53 Å². The fourth-order valence-corrected chi connectivity index (χ4v) is 2.78. The fraction of sp³-hybridized carbons (Fsp3) is 0.200. The Balaban J connectivity index is 1.38. The van der Waals surface area contributed by atoms with Gasteiger partial charge >= 0.3 is 5.97 Å². The number of nitrogens with one attached hydrogen (secondary N) is 1. The minimum Gasteiger partial charge on any atom is -0.497 e. The molecule has 172 valence electrons. The zero-order chi connectivity index (χ0) is 23.5. The Kier molecular flexibility index (Phi) is 8.53. The first-order valence-electron chi connectivity index (χ1n) is 10.2. The van der Waals surface area contributed by atoms with E-state index in [0.29, 0.717) is 28.5 Å². The van der Waals surface area contributed by atoms with E-state index < -0.39 is 5.97 Å². The first-order valence-corrected chi connectivity index (χ1v) is 10.2. The third-order valence-electron chi connectivity index (χ3n) is 4.46. The van der Waals surface area contributed by atoms with Crippen LogP contribution in [0.1, 0.15) is 10.4 Å². The lowest BCUT2D eigenvalue weighted by molar-refractivity contribution is -0.118. The van der Waals surface area contributed by atoms with Crippen molar-refractivity contribution in [2.75, 3.05) is 39.4 Å². The average molecular weight is 451 g/mol. The molecule has 1 N–H and O–H groups in total. The van der Waals surface area contributed by atoms with Crippen LogP contribution in [0.5, 0.6) is 23.0 Å². The zero-order valence-corrected chi connectivity index (χ0v) is 18.4. The van der Waals surface area contributed by atoms with Crippen LogP contribution in [0.15, 0.2) is 72.8 Å². The van der Waals surface area contributed by atoms with Gasteiger partial charge in [-0.25, -0.2) is 4.79 Å². The van der Waals surface area contributed by atoms with Crippen LogP contribution in [0.25, 0.3) is 0 Å². The molecular formula is C25H25NO7. The lowest BCUT2D eigenvalue weighted by atomic mass is 10.2. The molecule has 0 saturated heterocycles. The van der Waals surface area contributed by atoms with Crippen LogP contribution < -0.4 is 24.3 Å². The molecule has 3 aromatic rings. The van der Waals surface area contributed by atoms with E-state index in [0.717, 1.165) is 5.75 Å². The van der Waals surface area contributed by atoms with Crippen molar-refractivity contribution >= 4 is 17.6 Å². The summed E-state index contributed by atoms with van der Waals surface area (Å²) >= 11 is 0. The van der Waals surface area contributed by atoms with Gasteiger partial charge in [-0.2, -0.15) is 0 Å². The molecule has 0 aliphatic carbocycles. The van der Waals surface area contributed by atoms with E-state index in [2.05, 4.69) is 5.32 Å². The summed E-state index contributed by atoms with van der Waals surface area (Å²) in [5.41, 5.74) is 0.977. The van der Waals surface area contributed by atoms with Gasteiger partial charge in [0.2, 0.25) is 0 Å². The normalized spacial score (nSPS) is 10.1. The number of methoxy groups -OCH3 is 2. The Morgan fingerprint density at radius 1 is 0.727 bits per heavy atom. The number of ether oxygens (including phenoxy) is 5. The predicted molar refractivity (Wildman–Crippen MR) is 122 cm³/mol. The number of esters is 1. The molecule has 0 radical (unpaired) electrons. The van der Waals surface area contributed by atoms with Gasteiger partial charge in [-0.1, -0.05) is 6.07 Å². The predicted octanol–water partition coefficient (Wildman–Crippen LogP) is 3.96. The van der Waals surface area contributed by atoms with Gasteiger partial charge in [-0.05, 0) is 60.7 Å². The molecule has 0 heterocycles. The van der Waals surface area contributed by atoms with E-state index in [9.17, 15) is 9.59 Å². The van der Waals surface area contributed by atoms with E-state index >= 15 is 0 Å². The van der Waals surface area contributed by atoms with Gasteiger partial charge in [0.1, 0.15) is 36.2 Å². The van der Waals surface area contributed by atoms with Gasteiger partial charge in [-0.3, -0.25) is 4.79 Å². The van der Waals surface area contributed by atoms with Crippen LogP contribution in [0.4, 0.5) is 5.69 Å². The Bertz CT molecular complexity index is 1050. The van der Waals surface area contributed by atoms with Crippen molar-refractivity contribution < 1.29 is 33.3 Å². The number of hydrogen-bond acceptors (Lipinski definition) is 7. The largest absolute Gasteiger partial charge is 0.497 e. The molecule has 1 amide bonds. The highest BCUT2D eigenvalue weighted by atomic mass is 16.6. The summed E-state index contributed by atoms with van der Waals surface area (Å²) in [4.78, 5) is 24.2. The van der Waals surface area contributed by atoms with E-state index in [1.807, 2.05) is 0 Å². The van der Waals surface area contributed by atoms with Gasteiger partial charge in [0.25, 0.3) is 5.91 Å². The zero-order valence-electron chi connectivity index (χ0n) is 18.4. The molecule has 8 nitrogen and oxygen atoms in total. The van der Waals surface area contributed by atoms with Crippen LogP contribution >= 0.6 is 0 Å². The van der Waals surface area contributed by atoms with E-state index in [4.69, 9.17) is 23.7 Å². The molecule has 3 aromatic carbocycles. The number of rotatable bonds is 11. The molecule has 33 heavy (non-hydrogen) atoms. The molecular weight excluding hydrogens is 426 g/mol. The maximum atomic E-state index is 12.2. The van der Waals surface area contributed by atoms with Crippen LogP contribution in [0, 0.1) is 0 Å². The second kappa shape index (κ2) is 12.0. The van der Waals surface area contributed by atoms with Crippen molar-refractivity contribution in [1.29, 1.82) is 0 Å². The molecule has 3 rings (SSSR count). The minimum atomic E-state index is -0.476. The molecule has 0 fully saturated rings. The molecule has 0 spiro atoms. The molecule has 0 aromatic heterocycles. The highest BCUT2D eigenvalue weighted by Gasteiger charge is 2.09. The minimum absolute atomic E-state index is 0.105. The second-order valence-electron chi connectivity index (χ2n) is 6.75. The summed E-state index contributed by atoms with van der Waals surface area (Å²) < 4.78 is 26.4. The SMILES string of the molecule is COc1ccc(OCCOC(=O)c2ccc(OCC(=O)Nc3cccc(OC)c3)cc2)cc1. The molecule has 0 unspecified atom stereocenters. The van der Waals surface area contributed by atoms with Gasteiger partial charge in [-0.15, -0.1) is 0 Å². The molecule has 0 saturated carbocycles. The summed E-state index contributed by atoms with van der Waals surface area (Å²) in [7, 11) is 3.15. The quantitative estimate of drug-likeness (QED) is 0.348. The maximum absolute atomic E-state index is 12.2. The standard InChI is InChI=1S/C25H25NO7/c1-29-20-10-12-21(13-11-20)31-14-15-32-25(28)18-6-8-22(9-7-18)33-17-24(27)26-19-4-3-5-23(16-19)30-2/h3-13,16H,14-15,17H2,1-2H3,(H,26,27). The lowest BCUT2D eigenvalue weighted by Gasteiger charge is -2.10. The van der Waals surface area contributed by atoms with Crippen molar-refractivity contribution in [3.8, 4) is 23.0 Å². The third-order valence-corrected chi connectivity index (χ3v) is 4.46. The smallest absolute Gasteiger partial charge is 0.338 e. The topological polar surface area (TPSA) is 92.3 Å². The molecule has 8 heteroatoms. The van der Waals surface area contributed by atoms with Crippen molar-refractivity contribution in [3.05, 3.63) is 78.4 Å². The van der Waals surface area contributed by atoms with E-state index in [-0.39, 0.29) is 25.7 Å². The number of hydrogen-bond donors (Lipinski definition) is 1. The first kappa shape index (κ1) is 23.5. The molecule has 0 bridgehead atoms.